The molecular formula is C18H20N4O4. The summed E-state index contributed by atoms with van der Waals surface area (Å²) in [4.78, 5) is 23.6. The normalized spacial score (nSPS) is 10.7. The Morgan fingerprint density at radius 1 is 1.00 bits per heavy atom. The first-order valence-corrected chi connectivity index (χ1v) is 7.86. The minimum absolute atomic E-state index is 0.256. The Morgan fingerprint density at radius 3 is 2.27 bits per heavy atom. The second-order valence-electron chi connectivity index (χ2n) is 5.73. The van der Waals surface area contributed by atoms with Gasteiger partial charge >= 0.3 is 0 Å². The number of fused-ring (bicyclic) bond motifs is 1. The highest BCUT2D eigenvalue weighted by atomic mass is 16.5. The lowest BCUT2D eigenvalue weighted by molar-refractivity contribution is 0.326. The van der Waals surface area contributed by atoms with Gasteiger partial charge in [0.2, 0.25) is 5.75 Å². The van der Waals surface area contributed by atoms with Gasteiger partial charge in [0, 0.05) is 14.1 Å². The first-order chi connectivity index (χ1) is 12.5. The van der Waals surface area contributed by atoms with Gasteiger partial charge in [-0.25, -0.2) is 9.97 Å². The summed E-state index contributed by atoms with van der Waals surface area (Å²) in [5, 5.41) is 0.360. The van der Waals surface area contributed by atoms with E-state index in [0.29, 0.717) is 33.8 Å². The Hall–Kier alpha value is -3.29. The van der Waals surface area contributed by atoms with Gasteiger partial charge in [0.05, 0.1) is 38.6 Å². The van der Waals surface area contributed by atoms with Gasteiger partial charge < -0.3 is 19.1 Å². The molecule has 0 amide bonds. The molecule has 0 aliphatic heterocycles. The topological polar surface area (TPSA) is 78.7 Å². The fraction of sp³-hybridized carbons (Fsp3) is 0.278. The van der Waals surface area contributed by atoms with Gasteiger partial charge in [-0.05, 0) is 18.2 Å². The lowest BCUT2D eigenvalue weighted by atomic mass is 10.2. The average molecular weight is 356 g/mol. The Morgan fingerprint density at radius 2 is 1.73 bits per heavy atom. The highest BCUT2D eigenvalue weighted by molar-refractivity contribution is 5.89. The number of pyridine rings is 1. The largest absolute Gasteiger partial charge is 0.493 e. The van der Waals surface area contributed by atoms with Crippen LogP contribution in [0, 0.1) is 0 Å². The van der Waals surface area contributed by atoms with Crippen molar-refractivity contribution < 1.29 is 14.2 Å². The predicted molar refractivity (Wildman–Crippen MR) is 99.1 cm³/mol. The Bertz CT molecular complexity index is 997. The van der Waals surface area contributed by atoms with Crippen LogP contribution in [0.15, 0.2) is 35.5 Å². The third-order valence-electron chi connectivity index (χ3n) is 4.02. The van der Waals surface area contributed by atoms with Crippen molar-refractivity contribution in [1.82, 2.24) is 14.5 Å². The van der Waals surface area contributed by atoms with Gasteiger partial charge in [0.1, 0.15) is 17.7 Å². The van der Waals surface area contributed by atoms with Crippen LogP contribution in [0.1, 0.15) is 0 Å². The fourth-order valence-electron chi connectivity index (χ4n) is 2.70. The molecular weight excluding hydrogens is 336 g/mol. The van der Waals surface area contributed by atoms with E-state index in [9.17, 15) is 4.79 Å². The molecule has 0 aliphatic rings. The number of anilines is 1. The van der Waals surface area contributed by atoms with E-state index < -0.39 is 0 Å². The Balaban J connectivity index is 2.24. The van der Waals surface area contributed by atoms with E-state index in [2.05, 4.69) is 9.97 Å². The maximum absolute atomic E-state index is 13.0. The van der Waals surface area contributed by atoms with Crippen molar-refractivity contribution in [3.63, 3.8) is 0 Å². The molecule has 0 fully saturated rings. The molecule has 0 aliphatic carbocycles. The number of hydrogen-bond acceptors (Lipinski definition) is 7. The van der Waals surface area contributed by atoms with Gasteiger partial charge in [-0.15, -0.1) is 0 Å². The SMILES string of the molecule is COc1cc2c(=O)n(-c3ccc(N(C)C)nc3)cnc2c(OC)c1OC. The molecule has 0 saturated heterocycles. The van der Waals surface area contributed by atoms with Crippen LogP contribution >= 0.6 is 0 Å². The van der Waals surface area contributed by atoms with Gasteiger partial charge in [-0.1, -0.05) is 0 Å². The van der Waals surface area contributed by atoms with Crippen LogP contribution in [0.25, 0.3) is 16.6 Å². The number of nitrogens with zero attached hydrogens (tertiary/aromatic N) is 4. The first-order valence-electron chi connectivity index (χ1n) is 7.86. The van der Waals surface area contributed by atoms with Crippen LogP contribution in [0.4, 0.5) is 5.82 Å². The third kappa shape index (κ3) is 2.79. The average Bonchev–Trinajstić information content (AvgIpc) is 2.66. The molecule has 0 atom stereocenters. The Kier molecular flexibility index (Phi) is 4.66. The second kappa shape index (κ2) is 6.91. The van der Waals surface area contributed by atoms with E-state index in [1.54, 1.807) is 12.3 Å². The van der Waals surface area contributed by atoms with Crippen molar-refractivity contribution in [1.29, 1.82) is 0 Å². The molecule has 0 spiro atoms. The monoisotopic (exact) mass is 356 g/mol. The molecule has 8 nitrogen and oxygen atoms in total. The van der Waals surface area contributed by atoms with Crippen LogP contribution < -0.4 is 24.7 Å². The van der Waals surface area contributed by atoms with Crippen molar-refractivity contribution in [2.75, 3.05) is 40.3 Å². The number of rotatable bonds is 5. The molecule has 136 valence electrons. The molecule has 1 aromatic carbocycles. The standard InChI is InChI=1S/C18H20N4O4/c1-21(2)14-7-6-11(9-19-14)22-10-20-15-12(18(22)23)8-13(24-3)16(25-4)17(15)26-5/h6-10H,1-5H3. The number of benzene rings is 1. The molecule has 3 rings (SSSR count). The number of methoxy groups -OCH3 is 3. The van der Waals surface area contributed by atoms with Crippen LogP contribution in [0.5, 0.6) is 17.2 Å². The summed E-state index contributed by atoms with van der Waals surface area (Å²) in [6, 6.07) is 5.25. The molecule has 0 N–H and O–H groups in total. The van der Waals surface area contributed by atoms with E-state index in [4.69, 9.17) is 14.2 Å². The molecule has 2 heterocycles. The van der Waals surface area contributed by atoms with Crippen LogP contribution in [0.3, 0.4) is 0 Å². The van der Waals surface area contributed by atoms with Gasteiger partial charge in [-0.2, -0.15) is 0 Å². The van der Waals surface area contributed by atoms with Gasteiger partial charge in [0.25, 0.3) is 5.56 Å². The maximum atomic E-state index is 13.0. The summed E-state index contributed by atoms with van der Waals surface area (Å²) >= 11 is 0. The quantitative estimate of drug-likeness (QED) is 0.690. The zero-order valence-corrected chi connectivity index (χ0v) is 15.3. The smallest absolute Gasteiger partial charge is 0.266 e. The minimum atomic E-state index is -0.256. The van der Waals surface area contributed by atoms with Crippen molar-refractivity contribution in [3.8, 4) is 22.9 Å². The lowest BCUT2D eigenvalue weighted by Crippen LogP contribution is -2.20. The lowest BCUT2D eigenvalue weighted by Gasteiger charge is -2.15. The summed E-state index contributed by atoms with van der Waals surface area (Å²) in [7, 11) is 8.30. The summed E-state index contributed by atoms with van der Waals surface area (Å²) < 4.78 is 17.5. The van der Waals surface area contributed by atoms with Crippen molar-refractivity contribution in [2.24, 2.45) is 0 Å². The fourth-order valence-corrected chi connectivity index (χ4v) is 2.70. The van der Waals surface area contributed by atoms with Crippen LogP contribution in [0.2, 0.25) is 0 Å². The summed E-state index contributed by atoms with van der Waals surface area (Å²) in [6.07, 6.45) is 3.08. The summed E-state index contributed by atoms with van der Waals surface area (Å²) in [5.41, 5.74) is 0.765. The molecule has 26 heavy (non-hydrogen) atoms. The molecule has 8 heteroatoms. The number of hydrogen-bond donors (Lipinski definition) is 0. The van der Waals surface area contributed by atoms with Crippen molar-refractivity contribution in [3.05, 3.63) is 41.1 Å². The maximum Gasteiger partial charge on any atom is 0.266 e. The second-order valence-corrected chi connectivity index (χ2v) is 5.73. The van der Waals surface area contributed by atoms with E-state index >= 15 is 0 Å². The van der Waals surface area contributed by atoms with Gasteiger partial charge in [0.15, 0.2) is 11.5 Å². The molecule has 0 unspecified atom stereocenters. The minimum Gasteiger partial charge on any atom is -0.493 e. The van der Waals surface area contributed by atoms with E-state index in [-0.39, 0.29) is 5.56 Å². The highest BCUT2D eigenvalue weighted by Gasteiger charge is 2.19. The summed E-state index contributed by atoms with van der Waals surface area (Å²) in [5.74, 6) is 1.94. The van der Waals surface area contributed by atoms with Gasteiger partial charge in [-0.3, -0.25) is 9.36 Å². The summed E-state index contributed by atoms with van der Waals surface area (Å²) in [6.45, 7) is 0. The zero-order valence-electron chi connectivity index (χ0n) is 15.3. The first kappa shape index (κ1) is 17.5. The molecule has 0 saturated carbocycles. The molecule has 0 radical (unpaired) electrons. The zero-order chi connectivity index (χ0) is 18.8. The third-order valence-corrected chi connectivity index (χ3v) is 4.02. The van der Waals surface area contributed by atoms with E-state index in [0.717, 1.165) is 5.82 Å². The predicted octanol–water partition coefficient (Wildman–Crippen LogP) is 1.87. The van der Waals surface area contributed by atoms with Crippen LogP contribution in [-0.4, -0.2) is 50.0 Å². The van der Waals surface area contributed by atoms with Crippen molar-refractivity contribution in [2.45, 2.75) is 0 Å². The Labute approximate surface area is 150 Å². The molecule has 0 bridgehead atoms. The molecule has 3 aromatic rings. The highest BCUT2D eigenvalue weighted by Crippen LogP contribution is 2.41. The van der Waals surface area contributed by atoms with E-state index in [1.807, 2.05) is 31.1 Å². The number of ether oxygens (including phenoxy) is 3. The number of aromatic nitrogens is 3. The molecule has 2 aromatic heterocycles. The van der Waals surface area contributed by atoms with E-state index in [1.165, 1.54) is 32.2 Å². The van der Waals surface area contributed by atoms with Crippen LogP contribution in [-0.2, 0) is 0 Å². The van der Waals surface area contributed by atoms with Crippen molar-refractivity contribution >= 4 is 16.7 Å².